The van der Waals surface area contributed by atoms with Crippen LogP contribution in [0.3, 0.4) is 0 Å². The molecule has 0 spiro atoms. The van der Waals surface area contributed by atoms with Crippen LogP contribution in [0.4, 0.5) is 0 Å². The van der Waals surface area contributed by atoms with Gasteiger partial charge in [0.15, 0.2) is 0 Å². The largest absolute Gasteiger partial charge is 0.316 e. The average Bonchev–Trinajstić information content (AvgIpc) is 2.55. The molecule has 2 fully saturated rings. The van der Waals surface area contributed by atoms with Crippen LogP contribution in [0.15, 0.2) is 6.20 Å². The molecule has 1 aliphatic carbocycles. The number of hydrogen-bond acceptors (Lipinski definition) is 3. The van der Waals surface area contributed by atoms with E-state index in [0.717, 1.165) is 30.6 Å². The number of aromatic nitrogens is 3. The molecular formula is C8H12N4. The van der Waals surface area contributed by atoms with E-state index in [-0.39, 0.29) is 0 Å². The molecule has 0 aromatic carbocycles. The maximum Gasteiger partial charge on any atom is 0.0796 e. The zero-order valence-corrected chi connectivity index (χ0v) is 7.07. The SMILES string of the molecule is Cc1cn(C2[C@H]3CNC[C@@H]23)nn1. The van der Waals surface area contributed by atoms with Gasteiger partial charge in [0.25, 0.3) is 0 Å². The fraction of sp³-hybridized carbons (Fsp3) is 0.750. The molecule has 1 N–H and O–H groups in total. The molecule has 2 heterocycles. The van der Waals surface area contributed by atoms with Crippen LogP contribution in [0.5, 0.6) is 0 Å². The summed E-state index contributed by atoms with van der Waals surface area (Å²) < 4.78 is 2.03. The summed E-state index contributed by atoms with van der Waals surface area (Å²) in [6.45, 7) is 4.31. The molecule has 2 aliphatic rings. The number of nitrogens with one attached hydrogen (secondary N) is 1. The molecule has 1 saturated carbocycles. The number of hydrogen-bond donors (Lipinski definition) is 1. The van der Waals surface area contributed by atoms with Gasteiger partial charge >= 0.3 is 0 Å². The van der Waals surface area contributed by atoms with Gasteiger partial charge < -0.3 is 5.32 Å². The van der Waals surface area contributed by atoms with E-state index < -0.39 is 0 Å². The highest BCUT2D eigenvalue weighted by Crippen LogP contribution is 2.51. The van der Waals surface area contributed by atoms with Crippen molar-refractivity contribution in [1.82, 2.24) is 20.3 Å². The van der Waals surface area contributed by atoms with Crippen LogP contribution >= 0.6 is 0 Å². The summed E-state index contributed by atoms with van der Waals surface area (Å²) in [4.78, 5) is 0. The van der Waals surface area contributed by atoms with E-state index in [1.165, 1.54) is 0 Å². The Morgan fingerprint density at radius 2 is 2.25 bits per heavy atom. The van der Waals surface area contributed by atoms with Crippen LogP contribution in [0, 0.1) is 18.8 Å². The summed E-state index contributed by atoms with van der Waals surface area (Å²) in [5.41, 5.74) is 1.02. The van der Waals surface area contributed by atoms with Gasteiger partial charge in [-0.15, -0.1) is 5.10 Å². The molecule has 0 radical (unpaired) electrons. The van der Waals surface area contributed by atoms with Gasteiger partial charge in [0.1, 0.15) is 0 Å². The fourth-order valence-electron chi connectivity index (χ4n) is 2.29. The zero-order valence-electron chi connectivity index (χ0n) is 7.07. The Kier molecular flexibility index (Phi) is 1.14. The first-order valence-corrected chi connectivity index (χ1v) is 4.45. The Labute approximate surface area is 71.0 Å². The molecule has 3 rings (SSSR count). The maximum atomic E-state index is 4.10. The third kappa shape index (κ3) is 0.756. The number of piperidine rings is 1. The highest BCUT2D eigenvalue weighted by molar-refractivity contribution is 5.08. The smallest absolute Gasteiger partial charge is 0.0796 e. The van der Waals surface area contributed by atoms with Crippen molar-refractivity contribution in [1.29, 1.82) is 0 Å². The van der Waals surface area contributed by atoms with Gasteiger partial charge in [0, 0.05) is 31.1 Å². The van der Waals surface area contributed by atoms with E-state index in [0.29, 0.717) is 6.04 Å². The summed E-state index contributed by atoms with van der Waals surface area (Å²) in [6, 6.07) is 0.646. The first-order chi connectivity index (χ1) is 5.86. The van der Waals surface area contributed by atoms with Gasteiger partial charge in [-0.05, 0) is 6.92 Å². The minimum Gasteiger partial charge on any atom is -0.316 e. The summed E-state index contributed by atoms with van der Waals surface area (Å²) in [7, 11) is 0. The van der Waals surface area contributed by atoms with Crippen molar-refractivity contribution in [2.24, 2.45) is 11.8 Å². The molecule has 4 nitrogen and oxygen atoms in total. The summed E-state index contributed by atoms with van der Waals surface area (Å²) in [6.07, 6.45) is 2.04. The highest BCUT2D eigenvalue weighted by atomic mass is 15.5. The van der Waals surface area contributed by atoms with E-state index >= 15 is 0 Å². The molecule has 1 aromatic heterocycles. The van der Waals surface area contributed by atoms with Crippen molar-refractivity contribution in [3.8, 4) is 0 Å². The minimum atomic E-state index is 0.646. The normalized spacial score (nSPS) is 38.2. The lowest BCUT2D eigenvalue weighted by Crippen LogP contribution is -2.16. The molecule has 0 amide bonds. The third-order valence-corrected chi connectivity index (χ3v) is 2.98. The second-order valence-electron chi connectivity index (χ2n) is 3.82. The highest BCUT2D eigenvalue weighted by Gasteiger charge is 2.54. The second-order valence-corrected chi connectivity index (χ2v) is 3.82. The Hall–Kier alpha value is -0.900. The van der Waals surface area contributed by atoms with Crippen molar-refractivity contribution in [2.75, 3.05) is 13.1 Å². The van der Waals surface area contributed by atoms with Crippen LogP contribution in [0.25, 0.3) is 0 Å². The van der Waals surface area contributed by atoms with E-state index in [4.69, 9.17) is 0 Å². The summed E-state index contributed by atoms with van der Waals surface area (Å²) >= 11 is 0. The van der Waals surface area contributed by atoms with Crippen molar-refractivity contribution < 1.29 is 0 Å². The lowest BCUT2D eigenvalue weighted by atomic mass is 10.4. The predicted octanol–water partition coefficient (Wildman–Crippen LogP) is -0.0232. The van der Waals surface area contributed by atoms with Crippen LogP contribution < -0.4 is 5.32 Å². The van der Waals surface area contributed by atoms with Gasteiger partial charge in [0.2, 0.25) is 0 Å². The molecule has 4 heteroatoms. The van der Waals surface area contributed by atoms with Crippen LogP contribution in [-0.2, 0) is 0 Å². The molecule has 1 aliphatic heterocycles. The number of aryl methyl sites for hydroxylation is 1. The topological polar surface area (TPSA) is 42.7 Å². The van der Waals surface area contributed by atoms with Crippen LogP contribution in [-0.4, -0.2) is 28.1 Å². The van der Waals surface area contributed by atoms with Crippen molar-refractivity contribution in [3.63, 3.8) is 0 Å². The maximum absolute atomic E-state index is 4.10. The average molecular weight is 164 g/mol. The van der Waals surface area contributed by atoms with E-state index in [2.05, 4.69) is 15.6 Å². The number of nitrogens with zero attached hydrogens (tertiary/aromatic N) is 3. The van der Waals surface area contributed by atoms with Gasteiger partial charge in [-0.25, -0.2) is 4.68 Å². The number of rotatable bonds is 1. The van der Waals surface area contributed by atoms with Crippen LogP contribution in [0.2, 0.25) is 0 Å². The van der Waals surface area contributed by atoms with Crippen molar-refractivity contribution in [3.05, 3.63) is 11.9 Å². The first-order valence-electron chi connectivity index (χ1n) is 4.45. The molecule has 0 bridgehead atoms. The van der Waals surface area contributed by atoms with E-state index in [1.807, 2.05) is 17.8 Å². The van der Waals surface area contributed by atoms with Gasteiger partial charge in [-0.3, -0.25) is 0 Å². The first kappa shape index (κ1) is 6.60. The predicted molar refractivity (Wildman–Crippen MR) is 43.6 cm³/mol. The molecule has 3 atom stereocenters. The molecular weight excluding hydrogens is 152 g/mol. The zero-order chi connectivity index (χ0) is 8.13. The monoisotopic (exact) mass is 164 g/mol. The third-order valence-electron chi connectivity index (χ3n) is 2.98. The van der Waals surface area contributed by atoms with E-state index in [1.54, 1.807) is 0 Å². The van der Waals surface area contributed by atoms with E-state index in [9.17, 15) is 0 Å². The Balaban J connectivity index is 1.84. The molecule has 1 saturated heterocycles. The summed E-state index contributed by atoms with van der Waals surface area (Å²) in [5.74, 6) is 1.65. The second kappa shape index (κ2) is 2.07. The summed E-state index contributed by atoms with van der Waals surface area (Å²) in [5, 5.41) is 11.5. The van der Waals surface area contributed by atoms with Crippen molar-refractivity contribution in [2.45, 2.75) is 13.0 Å². The van der Waals surface area contributed by atoms with Gasteiger partial charge in [-0.1, -0.05) is 5.21 Å². The molecule has 1 aromatic rings. The van der Waals surface area contributed by atoms with Crippen molar-refractivity contribution >= 4 is 0 Å². The number of fused-ring (bicyclic) bond motifs is 1. The van der Waals surface area contributed by atoms with Gasteiger partial charge in [0.05, 0.1) is 11.7 Å². The Morgan fingerprint density at radius 3 is 2.83 bits per heavy atom. The van der Waals surface area contributed by atoms with Gasteiger partial charge in [-0.2, -0.15) is 0 Å². The Bertz CT molecular complexity index is 296. The van der Waals surface area contributed by atoms with Crippen LogP contribution in [0.1, 0.15) is 11.7 Å². The minimum absolute atomic E-state index is 0.646. The molecule has 1 unspecified atom stereocenters. The fourth-order valence-corrected chi connectivity index (χ4v) is 2.29. The quantitative estimate of drug-likeness (QED) is 0.634. The lowest BCUT2D eigenvalue weighted by molar-refractivity contribution is 0.509. The molecule has 64 valence electrons. The lowest BCUT2D eigenvalue weighted by Gasteiger charge is -2.02. The Morgan fingerprint density at radius 1 is 1.50 bits per heavy atom. The molecule has 12 heavy (non-hydrogen) atoms. The standard InChI is InChI=1S/C8H12N4/c1-5-4-12(11-10-5)8-6-2-9-3-7(6)8/h4,6-9H,2-3H2,1H3/t6-,7+,8?.